The number of piperazine rings is 1. The smallest absolute Gasteiger partial charge is 0.312 e. The minimum absolute atomic E-state index is 0.0977. The molecule has 5 rings (SSSR count). The SMILES string of the molecule is O=C1OC(CCN2CCN(c3ccc4c(c3)C=CC4)CC2)CC12CCCC2. The fourth-order valence-corrected chi connectivity index (χ4v) is 5.45. The molecule has 4 aliphatic rings. The summed E-state index contributed by atoms with van der Waals surface area (Å²) in [5.41, 5.74) is 4.08. The number of rotatable bonds is 4. The van der Waals surface area contributed by atoms with Crippen LogP contribution in [0.3, 0.4) is 0 Å². The van der Waals surface area contributed by atoms with Crippen LogP contribution in [0.5, 0.6) is 0 Å². The van der Waals surface area contributed by atoms with Gasteiger partial charge in [-0.15, -0.1) is 0 Å². The van der Waals surface area contributed by atoms with Gasteiger partial charge in [0.2, 0.25) is 0 Å². The standard InChI is InChI=1S/C23H30N2O2/c26-22-23(9-1-2-10-23)17-21(27-22)8-11-24-12-14-25(15-13-24)20-7-6-18-4-3-5-19(18)16-20/h3,5-7,16,21H,1-2,4,8-15,17H2. The van der Waals surface area contributed by atoms with Gasteiger partial charge in [-0.1, -0.05) is 31.1 Å². The summed E-state index contributed by atoms with van der Waals surface area (Å²) in [6, 6.07) is 6.90. The fraction of sp³-hybridized carbons (Fsp3) is 0.609. The minimum atomic E-state index is -0.106. The van der Waals surface area contributed by atoms with E-state index in [1.54, 1.807) is 0 Å². The quantitative estimate of drug-likeness (QED) is 0.762. The Balaban J connectivity index is 1.11. The first kappa shape index (κ1) is 17.3. The summed E-state index contributed by atoms with van der Waals surface area (Å²) >= 11 is 0. The van der Waals surface area contributed by atoms with Crippen molar-refractivity contribution in [1.82, 2.24) is 4.90 Å². The summed E-state index contributed by atoms with van der Waals surface area (Å²) in [5, 5.41) is 0. The third-order valence-corrected chi connectivity index (χ3v) is 7.16. The number of fused-ring (bicyclic) bond motifs is 1. The Kier molecular flexibility index (Phi) is 4.47. The predicted octanol–water partition coefficient (Wildman–Crippen LogP) is 3.64. The number of ether oxygens (including phenoxy) is 1. The number of nitrogens with zero attached hydrogens (tertiary/aromatic N) is 2. The highest BCUT2D eigenvalue weighted by Crippen LogP contribution is 2.48. The second-order valence-electron chi connectivity index (χ2n) is 8.83. The number of allylic oxidation sites excluding steroid dienone is 1. The molecular weight excluding hydrogens is 336 g/mol. The molecule has 2 aliphatic heterocycles. The van der Waals surface area contributed by atoms with Gasteiger partial charge in [-0.25, -0.2) is 0 Å². The number of carbonyl (C=O) groups is 1. The van der Waals surface area contributed by atoms with Gasteiger partial charge in [0.05, 0.1) is 5.41 Å². The van der Waals surface area contributed by atoms with Crippen LogP contribution in [0.2, 0.25) is 0 Å². The number of hydrogen-bond acceptors (Lipinski definition) is 4. The first-order valence-electron chi connectivity index (χ1n) is 10.7. The van der Waals surface area contributed by atoms with E-state index in [1.165, 1.54) is 29.7 Å². The molecule has 0 bridgehead atoms. The molecule has 2 aliphatic carbocycles. The highest BCUT2D eigenvalue weighted by atomic mass is 16.6. The molecule has 4 nitrogen and oxygen atoms in total. The Bertz CT molecular complexity index is 743. The lowest BCUT2D eigenvalue weighted by atomic mass is 9.83. The van der Waals surface area contributed by atoms with Gasteiger partial charge in [-0.3, -0.25) is 9.69 Å². The van der Waals surface area contributed by atoms with E-state index in [-0.39, 0.29) is 17.5 Å². The van der Waals surface area contributed by atoms with Gasteiger partial charge < -0.3 is 9.64 Å². The third-order valence-electron chi connectivity index (χ3n) is 7.16. The van der Waals surface area contributed by atoms with Gasteiger partial charge in [0.25, 0.3) is 0 Å². The van der Waals surface area contributed by atoms with Crippen LogP contribution in [0.4, 0.5) is 5.69 Å². The number of esters is 1. The largest absolute Gasteiger partial charge is 0.462 e. The second-order valence-corrected chi connectivity index (χ2v) is 8.83. The Hall–Kier alpha value is -1.81. The zero-order valence-electron chi connectivity index (χ0n) is 16.2. The van der Waals surface area contributed by atoms with Crippen molar-refractivity contribution in [2.45, 2.75) is 51.0 Å². The lowest BCUT2D eigenvalue weighted by Gasteiger charge is -2.36. The summed E-state index contributed by atoms with van der Waals surface area (Å²) < 4.78 is 5.74. The highest BCUT2D eigenvalue weighted by Gasteiger charge is 2.50. The lowest BCUT2D eigenvalue weighted by Crippen LogP contribution is -2.47. The van der Waals surface area contributed by atoms with Crippen molar-refractivity contribution in [2.75, 3.05) is 37.6 Å². The van der Waals surface area contributed by atoms with Gasteiger partial charge in [-0.05, 0) is 48.9 Å². The van der Waals surface area contributed by atoms with Crippen LogP contribution in [0.15, 0.2) is 24.3 Å². The summed E-state index contributed by atoms with van der Waals surface area (Å²) in [6.07, 6.45) is 12.2. The second kappa shape index (κ2) is 6.97. The number of carbonyl (C=O) groups excluding carboxylic acids is 1. The van der Waals surface area contributed by atoms with Crippen molar-refractivity contribution in [2.24, 2.45) is 5.41 Å². The molecule has 1 aromatic carbocycles. The monoisotopic (exact) mass is 366 g/mol. The number of hydrogen-bond donors (Lipinski definition) is 0. The molecule has 0 aromatic heterocycles. The van der Waals surface area contributed by atoms with Crippen LogP contribution in [0.25, 0.3) is 6.08 Å². The molecule has 1 atom stereocenters. The van der Waals surface area contributed by atoms with Crippen molar-refractivity contribution in [3.8, 4) is 0 Å². The van der Waals surface area contributed by atoms with Gasteiger partial charge in [0, 0.05) is 44.8 Å². The van der Waals surface area contributed by atoms with Gasteiger partial charge in [0.1, 0.15) is 6.10 Å². The van der Waals surface area contributed by atoms with Crippen LogP contribution in [-0.2, 0) is 16.0 Å². The molecule has 2 heterocycles. The van der Waals surface area contributed by atoms with Crippen LogP contribution in [-0.4, -0.2) is 49.7 Å². The van der Waals surface area contributed by atoms with E-state index in [2.05, 4.69) is 40.2 Å². The van der Waals surface area contributed by atoms with E-state index in [4.69, 9.17) is 4.74 Å². The summed E-state index contributed by atoms with van der Waals surface area (Å²) in [7, 11) is 0. The molecule has 1 saturated carbocycles. The molecule has 144 valence electrons. The summed E-state index contributed by atoms with van der Waals surface area (Å²) in [5.74, 6) is 0.0977. The van der Waals surface area contributed by atoms with Crippen molar-refractivity contribution in [3.05, 3.63) is 35.4 Å². The number of benzene rings is 1. The zero-order chi connectivity index (χ0) is 18.3. The Morgan fingerprint density at radius 1 is 1.11 bits per heavy atom. The summed E-state index contributed by atoms with van der Waals surface area (Å²) in [4.78, 5) is 17.3. The Morgan fingerprint density at radius 2 is 1.93 bits per heavy atom. The molecular formula is C23H30N2O2. The van der Waals surface area contributed by atoms with E-state index in [0.717, 1.165) is 64.8 Å². The van der Waals surface area contributed by atoms with Crippen molar-refractivity contribution >= 4 is 17.7 Å². The van der Waals surface area contributed by atoms with Gasteiger partial charge >= 0.3 is 5.97 Å². The molecule has 27 heavy (non-hydrogen) atoms. The number of cyclic esters (lactones) is 1. The normalized spacial score (nSPS) is 26.7. The molecule has 2 saturated heterocycles. The van der Waals surface area contributed by atoms with Crippen LogP contribution in [0.1, 0.15) is 49.7 Å². The van der Waals surface area contributed by atoms with Crippen LogP contribution < -0.4 is 4.90 Å². The molecule has 0 N–H and O–H groups in total. The van der Waals surface area contributed by atoms with Crippen molar-refractivity contribution < 1.29 is 9.53 Å². The average Bonchev–Trinajstić information content (AvgIpc) is 3.42. The molecule has 1 unspecified atom stereocenters. The van der Waals surface area contributed by atoms with Crippen molar-refractivity contribution in [3.63, 3.8) is 0 Å². The number of anilines is 1. The average molecular weight is 367 g/mol. The van der Waals surface area contributed by atoms with Crippen molar-refractivity contribution in [1.29, 1.82) is 0 Å². The minimum Gasteiger partial charge on any atom is -0.462 e. The maximum Gasteiger partial charge on any atom is 0.312 e. The maximum absolute atomic E-state index is 12.3. The molecule has 0 radical (unpaired) electrons. The predicted molar refractivity (Wildman–Crippen MR) is 108 cm³/mol. The molecule has 1 aromatic rings. The maximum atomic E-state index is 12.3. The Morgan fingerprint density at radius 3 is 2.74 bits per heavy atom. The topological polar surface area (TPSA) is 32.8 Å². The fourth-order valence-electron chi connectivity index (χ4n) is 5.45. The first-order valence-corrected chi connectivity index (χ1v) is 10.7. The highest BCUT2D eigenvalue weighted by molar-refractivity contribution is 5.79. The van der Waals surface area contributed by atoms with Crippen LogP contribution in [0, 0.1) is 5.41 Å². The summed E-state index contributed by atoms with van der Waals surface area (Å²) in [6.45, 7) is 5.40. The molecule has 3 fully saturated rings. The van der Waals surface area contributed by atoms with E-state index >= 15 is 0 Å². The van der Waals surface area contributed by atoms with E-state index in [1.807, 2.05) is 0 Å². The lowest BCUT2D eigenvalue weighted by molar-refractivity contribution is -0.148. The van der Waals surface area contributed by atoms with Gasteiger partial charge in [0.15, 0.2) is 0 Å². The third kappa shape index (κ3) is 3.29. The van der Waals surface area contributed by atoms with Crippen LogP contribution >= 0.6 is 0 Å². The van der Waals surface area contributed by atoms with Gasteiger partial charge in [-0.2, -0.15) is 0 Å². The molecule has 4 heteroatoms. The van der Waals surface area contributed by atoms with E-state index in [0.29, 0.717) is 0 Å². The van der Waals surface area contributed by atoms with E-state index in [9.17, 15) is 4.79 Å². The Labute approximate surface area is 162 Å². The zero-order valence-corrected chi connectivity index (χ0v) is 16.2. The molecule has 0 amide bonds. The molecule has 1 spiro atoms. The van der Waals surface area contributed by atoms with E-state index < -0.39 is 0 Å². The first-order chi connectivity index (χ1) is 13.2.